The maximum absolute atomic E-state index is 9.94. The minimum atomic E-state index is 0.431. The van der Waals surface area contributed by atoms with Crippen molar-refractivity contribution in [1.82, 2.24) is 4.98 Å². The first-order valence-corrected chi connectivity index (χ1v) is 3.76. The molecule has 0 radical (unpaired) electrons. The number of ether oxygens (including phenoxy) is 1. The molecule has 1 rings (SSSR count). The second-order valence-electron chi connectivity index (χ2n) is 1.92. The zero-order valence-corrected chi connectivity index (χ0v) is 7.34. The summed E-state index contributed by atoms with van der Waals surface area (Å²) in [7, 11) is 0. The molecule has 70 valence electrons. The second kappa shape index (κ2) is 8.39. The van der Waals surface area contributed by atoms with Gasteiger partial charge in [0.1, 0.15) is 5.69 Å². The van der Waals surface area contributed by atoms with Gasteiger partial charge in [-0.3, -0.25) is 14.6 Å². The second-order valence-corrected chi connectivity index (χ2v) is 1.92. The molecule has 0 fully saturated rings. The Bertz CT molecular complexity index is 236. The van der Waals surface area contributed by atoms with Gasteiger partial charge in [-0.2, -0.15) is 0 Å². The zero-order valence-electron chi connectivity index (χ0n) is 7.34. The Morgan fingerprint density at radius 1 is 1.46 bits per heavy atom. The highest BCUT2D eigenvalue weighted by Gasteiger charge is 1.81. The van der Waals surface area contributed by atoms with E-state index in [0.29, 0.717) is 18.8 Å². The molecule has 0 unspecified atom stereocenters. The largest absolute Gasteiger partial charge is 0.468 e. The van der Waals surface area contributed by atoms with E-state index in [4.69, 9.17) is 0 Å². The molecular weight excluding hydrogens is 170 g/mol. The Morgan fingerprint density at radius 3 is 2.46 bits per heavy atom. The molecule has 0 aliphatic heterocycles. The summed E-state index contributed by atoms with van der Waals surface area (Å²) in [5, 5.41) is 0. The lowest BCUT2D eigenvalue weighted by molar-refractivity contribution is -0.128. The molecule has 4 heteroatoms. The van der Waals surface area contributed by atoms with E-state index >= 15 is 0 Å². The van der Waals surface area contributed by atoms with Crippen molar-refractivity contribution in [3.05, 3.63) is 30.1 Å². The Morgan fingerprint density at radius 2 is 2.23 bits per heavy atom. The first kappa shape index (κ1) is 11.3. The number of carbonyl (C=O) groups excluding carboxylic acids is 2. The Hall–Kier alpha value is -1.71. The Balaban J connectivity index is 0.000000252. The molecule has 0 spiro atoms. The van der Waals surface area contributed by atoms with Crippen LogP contribution < -0.4 is 0 Å². The van der Waals surface area contributed by atoms with Crippen molar-refractivity contribution in [2.45, 2.75) is 6.92 Å². The first-order chi connectivity index (χ1) is 6.35. The number of hydrogen-bond acceptors (Lipinski definition) is 4. The summed E-state index contributed by atoms with van der Waals surface area (Å²) in [4.78, 5) is 22.9. The third kappa shape index (κ3) is 6.68. The normalized spacial score (nSPS) is 7.77. The van der Waals surface area contributed by atoms with Crippen LogP contribution in [0.15, 0.2) is 24.4 Å². The van der Waals surface area contributed by atoms with Crippen molar-refractivity contribution in [1.29, 1.82) is 0 Å². The van der Waals surface area contributed by atoms with E-state index in [1.54, 1.807) is 31.3 Å². The fourth-order valence-corrected chi connectivity index (χ4v) is 0.514. The molecule has 4 nitrogen and oxygen atoms in total. The van der Waals surface area contributed by atoms with Gasteiger partial charge in [0.25, 0.3) is 6.47 Å². The SMILES string of the molecule is CCOC=O.O=Cc1ccccn1. The van der Waals surface area contributed by atoms with Crippen molar-refractivity contribution in [3.63, 3.8) is 0 Å². The summed E-state index contributed by atoms with van der Waals surface area (Å²) in [5.74, 6) is 0. The van der Waals surface area contributed by atoms with Gasteiger partial charge in [0.15, 0.2) is 6.29 Å². The van der Waals surface area contributed by atoms with Crippen molar-refractivity contribution < 1.29 is 14.3 Å². The highest BCUT2D eigenvalue weighted by molar-refractivity contribution is 5.71. The Labute approximate surface area is 76.6 Å². The predicted octanol–water partition coefficient (Wildman–Crippen LogP) is 1.07. The maximum Gasteiger partial charge on any atom is 0.293 e. The van der Waals surface area contributed by atoms with Crippen LogP contribution in [0.5, 0.6) is 0 Å². The fourth-order valence-electron chi connectivity index (χ4n) is 0.514. The molecule has 0 saturated heterocycles. The molecule has 0 aliphatic rings. The van der Waals surface area contributed by atoms with E-state index in [1.165, 1.54) is 0 Å². The van der Waals surface area contributed by atoms with Gasteiger partial charge >= 0.3 is 0 Å². The number of aromatic nitrogens is 1. The van der Waals surface area contributed by atoms with Crippen LogP contribution in [0.1, 0.15) is 17.4 Å². The van der Waals surface area contributed by atoms with Gasteiger partial charge in [-0.05, 0) is 19.1 Å². The third-order valence-corrected chi connectivity index (χ3v) is 1.04. The minimum absolute atomic E-state index is 0.431. The van der Waals surface area contributed by atoms with Crippen molar-refractivity contribution in [2.24, 2.45) is 0 Å². The minimum Gasteiger partial charge on any atom is -0.468 e. The molecular formula is C9H11NO3. The van der Waals surface area contributed by atoms with E-state index < -0.39 is 0 Å². The number of hydrogen-bond donors (Lipinski definition) is 0. The molecule has 1 aromatic rings. The zero-order chi connectivity index (χ0) is 9.94. The van der Waals surface area contributed by atoms with E-state index in [1.807, 2.05) is 0 Å². The van der Waals surface area contributed by atoms with Gasteiger partial charge in [0.2, 0.25) is 0 Å². The number of nitrogens with zero attached hydrogens (tertiary/aromatic N) is 1. The van der Waals surface area contributed by atoms with Gasteiger partial charge in [-0.15, -0.1) is 0 Å². The van der Waals surface area contributed by atoms with Gasteiger partial charge in [-0.1, -0.05) is 6.07 Å². The molecule has 0 aliphatic carbocycles. The Kier molecular flexibility index (Phi) is 7.28. The molecule has 13 heavy (non-hydrogen) atoms. The van der Waals surface area contributed by atoms with Crippen molar-refractivity contribution in [2.75, 3.05) is 6.61 Å². The standard InChI is InChI=1S/C6H5NO.C3H6O2/c8-5-6-3-1-2-4-7-6;1-2-5-3-4/h1-5H;3H,2H2,1H3. The number of aldehydes is 1. The number of rotatable bonds is 3. The van der Waals surface area contributed by atoms with Gasteiger partial charge in [0, 0.05) is 6.20 Å². The van der Waals surface area contributed by atoms with Gasteiger partial charge in [0.05, 0.1) is 6.61 Å². The quantitative estimate of drug-likeness (QED) is 0.654. The van der Waals surface area contributed by atoms with E-state index in [9.17, 15) is 9.59 Å². The molecule has 0 N–H and O–H groups in total. The van der Waals surface area contributed by atoms with E-state index in [-0.39, 0.29) is 0 Å². The lowest BCUT2D eigenvalue weighted by Crippen LogP contribution is -1.80. The van der Waals surface area contributed by atoms with E-state index in [2.05, 4.69) is 9.72 Å². The summed E-state index contributed by atoms with van der Waals surface area (Å²) < 4.78 is 4.15. The van der Waals surface area contributed by atoms with Crippen LogP contribution in [0.2, 0.25) is 0 Å². The van der Waals surface area contributed by atoms with Gasteiger partial charge < -0.3 is 4.74 Å². The average Bonchev–Trinajstić information content (AvgIpc) is 2.21. The molecule has 0 aromatic carbocycles. The van der Waals surface area contributed by atoms with Crippen molar-refractivity contribution in [3.8, 4) is 0 Å². The summed E-state index contributed by atoms with van der Waals surface area (Å²) in [6, 6.07) is 5.21. The molecule has 1 aromatic heterocycles. The van der Waals surface area contributed by atoms with Crippen LogP contribution in [0.25, 0.3) is 0 Å². The van der Waals surface area contributed by atoms with Gasteiger partial charge in [-0.25, -0.2) is 0 Å². The predicted molar refractivity (Wildman–Crippen MR) is 47.3 cm³/mol. The monoisotopic (exact) mass is 181 g/mol. The van der Waals surface area contributed by atoms with Crippen LogP contribution in [0.3, 0.4) is 0 Å². The maximum atomic E-state index is 9.94. The molecule has 0 atom stereocenters. The number of pyridine rings is 1. The van der Waals surface area contributed by atoms with Crippen LogP contribution in [0.4, 0.5) is 0 Å². The lowest BCUT2D eigenvalue weighted by Gasteiger charge is -1.81. The van der Waals surface area contributed by atoms with E-state index in [0.717, 1.165) is 6.29 Å². The van der Waals surface area contributed by atoms with Crippen molar-refractivity contribution >= 4 is 12.8 Å². The van der Waals surface area contributed by atoms with Crippen LogP contribution >= 0.6 is 0 Å². The topological polar surface area (TPSA) is 56.3 Å². The fraction of sp³-hybridized carbons (Fsp3) is 0.222. The molecule has 1 heterocycles. The summed E-state index contributed by atoms with van der Waals surface area (Å²) in [6.45, 7) is 2.66. The van der Waals surface area contributed by atoms with Crippen LogP contribution in [-0.2, 0) is 9.53 Å². The summed E-state index contributed by atoms with van der Waals surface area (Å²) in [6.07, 6.45) is 2.31. The third-order valence-electron chi connectivity index (χ3n) is 1.04. The highest BCUT2D eigenvalue weighted by Crippen LogP contribution is 1.85. The summed E-state index contributed by atoms with van der Waals surface area (Å²) in [5.41, 5.74) is 0.479. The highest BCUT2D eigenvalue weighted by atomic mass is 16.5. The smallest absolute Gasteiger partial charge is 0.293 e. The number of carbonyl (C=O) groups is 2. The lowest BCUT2D eigenvalue weighted by atomic mass is 10.4. The first-order valence-electron chi connectivity index (χ1n) is 3.76. The molecule has 0 amide bonds. The molecule has 0 saturated carbocycles. The van der Waals surface area contributed by atoms with Crippen LogP contribution in [0, 0.1) is 0 Å². The van der Waals surface area contributed by atoms with Crippen LogP contribution in [-0.4, -0.2) is 24.3 Å². The summed E-state index contributed by atoms with van der Waals surface area (Å²) >= 11 is 0. The average molecular weight is 181 g/mol. The molecule has 0 bridgehead atoms.